The Morgan fingerprint density at radius 2 is 1.48 bits per heavy atom. The van der Waals surface area contributed by atoms with Crippen LogP contribution in [0.4, 0.5) is 0 Å². The van der Waals surface area contributed by atoms with E-state index in [2.05, 4.69) is 23.2 Å². The summed E-state index contributed by atoms with van der Waals surface area (Å²) in [4.78, 5) is 17.0. The van der Waals surface area contributed by atoms with E-state index in [9.17, 15) is 4.79 Å². The van der Waals surface area contributed by atoms with Crippen LogP contribution in [0.15, 0.2) is 83.5 Å². The maximum Gasteiger partial charge on any atom is 0.363 e. The topological polar surface area (TPSA) is 38.7 Å². The first-order valence-corrected chi connectivity index (χ1v) is 9.74. The lowest BCUT2D eigenvalue weighted by molar-refractivity contribution is -0.129. The third kappa shape index (κ3) is 3.19. The third-order valence-corrected chi connectivity index (χ3v) is 5.42. The minimum atomic E-state index is -0.511. The molecule has 0 unspecified atom stereocenters. The number of cyclic esters (lactones) is 1. The van der Waals surface area contributed by atoms with Crippen molar-refractivity contribution in [2.45, 2.75) is 0 Å². The van der Waals surface area contributed by atoms with Crippen LogP contribution in [-0.2, 0) is 9.53 Å². The Morgan fingerprint density at radius 3 is 2.14 bits per heavy atom. The Bertz CT molecular complexity index is 1320. The van der Waals surface area contributed by atoms with Crippen LogP contribution in [-0.4, -0.2) is 11.9 Å². The molecule has 4 aromatic rings. The highest BCUT2D eigenvalue weighted by atomic mass is 35.5. The molecule has 1 aliphatic rings. The molecule has 0 radical (unpaired) electrons. The first-order valence-electron chi connectivity index (χ1n) is 8.98. The number of benzene rings is 4. The molecule has 3 nitrogen and oxygen atoms in total. The Hall–Kier alpha value is -3.14. The molecule has 0 atom stereocenters. The van der Waals surface area contributed by atoms with Gasteiger partial charge < -0.3 is 4.74 Å². The predicted octanol–water partition coefficient (Wildman–Crippen LogP) is 6.64. The Morgan fingerprint density at radius 1 is 0.828 bits per heavy atom. The number of hydrogen-bond acceptors (Lipinski definition) is 3. The molecular weight excluding hydrogens is 405 g/mol. The minimum Gasteiger partial charge on any atom is -0.402 e. The molecule has 0 aromatic heterocycles. The summed E-state index contributed by atoms with van der Waals surface area (Å²) >= 11 is 12.2. The fourth-order valence-electron chi connectivity index (χ4n) is 3.53. The molecule has 0 fully saturated rings. The smallest absolute Gasteiger partial charge is 0.363 e. The highest BCUT2D eigenvalue weighted by molar-refractivity contribution is 6.37. The van der Waals surface area contributed by atoms with Gasteiger partial charge in [-0.15, -0.1) is 0 Å². The first kappa shape index (κ1) is 17.9. The molecule has 0 spiro atoms. The average molecular weight is 418 g/mol. The number of esters is 1. The second-order valence-corrected chi connectivity index (χ2v) is 7.54. The molecule has 0 saturated carbocycles. The molecule has 4 aromatic carbocycles. The van der Waals surface area contributed by atoms with Crippen molar-refractivity contribution < 1.29 is 9.53 Å². The van der Waals surface area contributed by atoms with Gasteiger partial charge in [-0.3, -0.25) is 0 Å². The van der Waals surface area contributed by atoms with Gasteiger partial charge in [-0.05, 0) is 57.4 Å². The summed E-state index contributed by atoms with van der Waals surface area (Å²) in [5.41, 5.74) is 1.68. The van der Waals surface area contributed by atoms with Crippen LogP contribution >= 0.6 is 23.2 Å². The van der Waals surface area contributed by atoms with Crippen LogP contribution in [0.25, 0.3) is 27.6 Å². The SMILES string of the molecule is O=C1OC(c2ccc(Cl)cc2Cl)=NC1=Cc1c2ccccc2cc2ccccc12. The van der Waals surface area contributed by atoms with Gasteiger partial charge in [0.05, 0.1) is 10.6 Å². The number of nitrogens with zero attached hydrogens (tertiary/aromatic N) is 1. The zero-order valence-electron chi connectivity index (χ0n) is 15.0. The van der Waals surface area contributed by atoms with Crippen LogP contribution in [0, 0.1) is 0 Å². The van der Waals surface area contributed by atoms with E-state index in [-0.39, 0.29) is 11.6 Å². The van der Waals surface area contributed by atoms with Crippen LogP contribution < -0.4 is 0 Å². The summed E-state index contributed by atoms with van der Waals surface area (Å²) in [6.45, 7) is 0. The predicted molar refractivity (Wildman–Crippen MR) is 119 cm³/mol. The molecule has 0 saturated heterocycles. The second-order valence-electron chi connectivity index (χ2n) is 6.69. The van der Waals surface area contributed by atoms with E-state index in [1.165, 1.54) is 0 Å². The molecule has 5 rings (SSSR count). The van der Waals surface area contributed by atoms with Crippen molar-refractivity contribution >= 4 is 62.7 Å². The van der Waals surface area contributed by atoms with Crippen molar-refractivity contribution in [3.05, 3.63) is 99.7 Å². The lowest BCUT2D eigenvalue weighted by Gasteiger charge is -2.08. The highest BCUT2D eigenvalue weighted by Crippen LogP contribution is 2.32. The van der Waals surface area contributed by atoms with E-state index < -0.39 is 5.97 Å². The van der Waals surface area contributed by atoms with E-state index in [1.54, 1.807) is 24.3 Å². The Labute approximate surface area is 176 Å². The summed E-state index contributed by atoms with van der Waals surface area (Å²) in [7, 11) is 0. The standard InChI is InChI=1S/C24H13Cl2NO2/c25-16-9-10-19(21(26)12-16)23-27-22(24(28)29-23)13-20-17-7-3-1-5-14(17)11-15-6-2-4-8-18(15)20/h1-13H. The zero-order valence-corrected chi connectivity index (χ0v) is 16.5. The van der Waals surface area contributed by atoms with Crippen molar-refractivity contribution in [3.8, 4) is 0 Å². The van der Waals surface area contributed by atoms with E-state index >= 15 is 0 Å². The fourth-order valence-corrected chi connectivity index (χ4v) is 4.02. The second kappa shape index (κ2) is 7.03. The van der Waals surface area contributed by atoms with Gasteiger partial charge in [-0.1, -0.05) is 71.7 Å². The van der Waals surface area contributed by atoms with E-state index in [0.717, 1.165) is 27.1 Å². The first-order chi connectivity index (χ1) is 14.1. The number of fused-ring (bicyclic) bond motifs is 2. The third-order valence-electron chi connectivity index (χ3n) is 4.88. The van der Waals surface area contributed by atoms with Crippen molar-refractivity contribution in [2.24, 2.45) is 4.99 Å². The summed E-state index contributed by atoms with van der Waals surface area (Å²) < 4.78 is 5.39. The number of carbonyl (C=O) groups excluding carboxylic acids is 1. The van der Waals surface area contributed by atoms with Gasteiger partial charge in [0.15, 0.2) is 5.70 Å². The largest absolute Gasteiger partial charge is 0.402 e. The number of ether oxygens (including phenoxy) is 1. The van der Waals surface area contributed by atoms with E-state index in [0.29, 0.717) is 15.6 Å². The van der Waals surface area contributed by atoms with Gasteiger partial charge >= 0.3 is 5.97 Å². The van der Waals surface area contributed by atoms with E-state index in [1.807, 2.05) is 36.4 Å². The molecule has 1 aliphatic heterocycles. The average Bonchev–Trinajstić information content (AvgIpc) is 3.08. The number of rotatable bonds is 2. The molecule has 29 heavy (non-hydrogen) atoms. The normalized spacial score (nSPS) is 15.2. The van der Waals surface area contributed by atoms with Crippen molar-refractivity contribution in [1.82, 2.24) is 0 Å². The van der Waals surface area contributed by atoms with Crippen LogP contribution in [0.2, 0.25) is 10.0 Å². The van der Waals surface area contributed by atoms with Gasteiger partial charge in [0, 0.05) is 5.02 Å². The van der Waals surface area contributed by atoms with Gasteiger partial charge in [0.2, 0.25) is 5.90 Å². The lowest BCUT2D eigenvalue weighted by Crippen LogP contribution is -2.05. The maximum atomic E-state index is 12.5. The van der Waals surface area contributed by atoms with Crippen molar-refractivity contribution in [3.63, 3.8) is 0 Å². The monoisotopic (exact) mass is 417 g/mol. The highest BCUT2D eigenvalue weighted by Gasteiger charge is 2.26. The molecule has 0 aliphatic carbocycles. The number of carbonyl (C=O) groups is 1. The zero-order chi connectivity index (χ0) is 20.0. The molecule has 140 valence electrons. The van der Waals surface area contributed by atoms with Gasteiger partial charge in [-0.25, -0.2) is 9.79 Å². The maximum absolute atomic E-state index is 12.5. The van der Waals surface area contributed by atoms with Gasteiger partial charge in [0.25, 0.3) is 0 Å². The summed E-state index contributed by atoms with van der Waals surface area (Å²) in [5.74, 6) is -0.338. The summed E-state index contributed by atoms with van der Waals surface area (Å²) in [6.07, 6.45) is 1.78. The molecule has 0 N–H and O–H groups in total. The quantitative estimate of drug-likeness (QED) is 0.208. The summed E-state index contributed by atoms with van der Waals surface area (Å²) in [6, 6.07) is 23.2. The van der Waals surface area contributed by atoms with Gasteiger partial charge in [-0.2, -0.15) is 0 Å². The van der Waals surface area contributed by atoms with Crippen LogP contribution in [0.1, 0.15) is 11.1 Å². The van der Waals surface area contributed by atoms with E-state index in [4.69, 9.17) is 27.9 Å². The fraction of sp³-hybridized carbons (Fsp3) is 0. The van der Waals surface area contributed by atoms with Crippen molar-refractivity contribution in [1.29, 1.82) is 0 Å². The molecule has 0 amide bonds. The Balaban J connectivity index is 1.71. The molecular formula is C24H13Cl2NO2. The number of halogens is 2. The molecule has 1 heterocycles. The number of hydrogen-bond donors (Lipinski definition) is 0. The van der Waals surface area contributed by atoms with Gasteiger partial charge in [0.1, 0.15) is 0 Å². The molecule has 5 heteroatoms. The minimum absolute atomic E-state index is 0.174. The Kier molecular flexibility index (Phi) is 4.35. The van der Waals surface area contributed by atoms with Crippen LogP contribution in [0.5, 0.6) is 0 Å². The van der Waals surface area contributed by atoms with Crippen LogP contribution in [0.3, 0.4) is 0 Å². The van der Waals surface area contributed by atoms with Crippen molar-refractivity contribution in [2.75, 3.05) is 0 Å². The summed E-state index contributed by atoms with van der Waals surface area (Å²) in [5, 5.41) is 5.14. The number of aliphatic imine (C=N–C) groups is 1. The molecule has 0 bridgehead atoms. The lowest BCUT2D eigenvalue weighted by atomic mass is 9.96.